The Hall–Kier alpha value is -0.420. The zero-order chi connectivity index (χ0) is 13.8. The van der Waals surface area contributed by atoms with Crippen LogP contribution in [0.2, 0.25) is 0 Å². The SMILES string of the molecule is OCCCN(CCN1C[C@H]2CC[C@@H]1C2)Cc1cccs1. The predicted molar refractivity (Wildman–Crippen MR) is 84.0 cm³/mol. The van der Waals surface area contributed by atoms with E-state index in [1.54, 1.807) is 0 Å². The van der Waals surface area contributed by atoms with Crippen molar-refractivity contribution in [2.75, 3.05) is 32.8 Å². The number of thiophene rings is 1. The van der Waals surface area contributed by atoms with E-state index in [1.165, 1.54) is 37.2 Å². The van der Waals surface area contributed by atoms with E-state index in [2.05, 4.69) is 27.3 Å². The van der Waals surface area contributed by atoms with Gasteiger partial charge in [-0.2, -0.15) is 0 Å². The van der Waals surface area contributed by atoms with E-state index >= 15 is 0 Å². The number of aliphatic hydroxyl groups is 1. The number of hydrogen-bond acceptors (Lipinski definition) is 4. The van der Waals surface area contributed by atoms with E-state index in [0.717, 1.165) is 38.0 Å². The fourth-order valence-electron chi connectivity index (χ4n) is 3.76. The van der Waals surface area contributed by atoms with Gasteiger partial charge < -0.3 is 5.11 Å². The summed E-state index contributed by atoms with van der Waals surface area (Å²) < 4.78 is 0. The molecule has 0 unspecified atom stereocenters. The van der Waals surface area contributed by atoms with Crippen LogP contribution in [-0.4, -0.2) is 53.7 Å². The van der Waals surface area contributed by atoms with E-state index in [9.17, 15) is 0 Å². The lowest BCUT2D eigenvalue weighted by molar-refractivity contribution is 0.160. The summed E-state index contributed by atoms with van der Waals surface area (Å²) in [5.41, 5.74) is 0. The van der Waals surface area contributed by atoms with Crippen LogP contribution in [0.5, 0.6) is 0 Å². The Balaban J connectivity index is 1.47. The highest BCUT2D eigenvalue weighted by atomic mass is 32.1. The van der Waals surface area contributed by atoms with Crippen LogP contribution >= 0.6 is 11.3 Å². The molecule has 112 valence electrons. The Morgan fingerprint density at radius 2 is 2.30 bits per heavy atom. The molecule has 0 spiro atoms. The molecule has 1 saturated carbocycles. The lowest BCUT2D eigenvalue weighted by Gasteiger charge is -2.30. The third-order valence-corrected chi connectivity index (χ3v) is 5.68. The van der Waals surface area contributed by atoms with Crippen LogP contribution in [-0.2, 0) is 6.54 Å². The number of nitrogens with zero attached hydrogens (tertiary/aromatic N) is 2. The highest BCUT2D eigenvalue weighted by Gasteiger charge is 2.37. The molecule has 2 bridgehead atoms. The van der Waals surface area contributed by atoms with Crippen LogP contribution in [0, 0.1) is 5.92 Å². The lowest BCUT2D eigenvalue weighted by Crippen LogP contribution is -2.39. The molecular weight excluding hydrogens is 268 g/mol. The van der Waals surface area contributed by atoms with Crippen LogP contribution in [0.1, 0.15) is 30.6 Å². The summed E-state index contributed by atoms with van der Waals surface area (Å²) in [6, 6.07) is 5.22. The van der Waals surface area contributed by atoms with Gasteiger partial charge in [0, 0.05) is 50.2 Å². The molecule has 2 heterocycles. The number of fused-ring (bicyclic) bond motifs is 2. The summed E-state index contributed by atoms with van der Waals surface area (Å²) in [5.74, 6) is 0.989. The van der Waals surface area contributed by atoms with Gasteiger partial charge in [0.25, 0.3) is 0 Å². The van der Waals surface area contributed by atoms with Gasteiger partial charge in [-0.25, -0.2) is 0 Å². The van der Waals surface area contributed by atoms with E-state index in [-0.39, 0.29) is 0 Å². The Bertz CT molecular complexity index is 395. The molecule has 2 aliphatic rings. The molecule has 2 atom stereocenters. The van der Waals surface area contributed by atoms with Crippen molar-refractivity contribution < 1.29 is 5.11 Å². The maximum absolute atomic E-state index is 9.07. The number of piperidine rings is 1. The third kappa shape index (κ3) is 3.61. The minimum absolute atomic E-state index is 0.301. The lowest BCUT2D eigenvalue weighted by atomic mass is 10.1. The van der Waals surface area contributed by atoms with Gasteiger partial charge in [0.2, 0.25) is 0 Å². The van der Waals surface area contributed by atoms with E-state index in [1.807, 2.05) is 11.3 Å². The molecule has 1 aromatic heterocycles. The van der Waals surface area contributed by atoms with Crippen molar-refractivity contribution in [3.63, 3.8) is 0 Å². The normalized spacial score (nSPS) is 25.9. The largest absolute Gasteiger partial charge is 0.396 e. The fraction of sp³-hybridized carbons (Fsp3) is 0.750. The molecule has 0 radical (unpaired) electrons. The summed E-state index contributed by atoms with van der Waals surface area (Å²) in [6.45, 7) is 6.03. The molecule has 2 fully saturated rings. The standard InChI is InChI=1S/C16H26N2OS/c19-9-2-6-17(13-16-3-1-10-20-16)7-8-18-12-14-4-5-15(18)11-14/h1,3,10,14-15,19H,2,4-9,11-13H2/t14-,15+/m0/s1. The van der Waals surface area contributed by atoms with Crippen LogP contribution in [0.4, 0.5) is 0 Å². The van der Waals surface area contributed by atoms with Crippen molar-refractivity contribution >= 4 is 11.3 Å². The van der Waals surface area contributed by atoms with E-state index in [0.29, 0.717) is 6.61 Å². The number of likely N-dealkylation sites (tertiary alicyclic amines) is 1. The Kier molecular flexibility index (Phi) is 5.10. The molecule has 0 amide bonds. The average molecular weight is 294 g/mol. The van der Waals surface area contributed by atoms with Gasteiger partial charge >= 0.3 is 0 Å². The predicted octanol–water partition coefficient (Wildman–Crippen LogP) is 2.42. The van der Waals surface area contributed by atoms with Crippen LogP contribution in [0.3, 0.4) is 0 Å². The molecule has 1 saturated heterocycles. The van der Waals surface area contributed by atoms with Crippen molar-refractivity contribution in [1.82, 2.24) is 9.80 Å². The van der Waals surface area contributed by atoms with Gasteiger partial charge in [0.05, 0.1) is 0 Å². The molecule has 4 heteroatoms. The Morgan fingerprint density at radius 1 is 1.35 bits per heavy atom. The monoisotopic (exact) mass is 294 g/mol. The molecule has 0 aromatic carbocycles. The summed E-state index contributed by atoms with van der Waals surface area (Å²) in [6.07, 6.45) is 5.22. The molecule has 1 aromatic rings. The third-order valence-electron chi connectivity index (χ3n) is 4.82. The van der Waals surface area contributed by atoms with Crippen molar-refractivity contribution in [3.8, 4) is 0 Å². The number of aliphatic hydroxyl groups excluding tert-OH is 1. The summed E-state index contributed by atoms with van der Waals surface area (Å²) in [5, 5.41) is 11.2. The molecular formula is C16H26N2OS. The molecule has 1 N–H and O–H groups in total. The van der Waals surface area contributed by atoms with Gasteiger partial charge in [0.1, 0.15) is 0 Å². The van der Waals surface area contributed by atoms with Gasteiger partial charge in [-0.05, 0) is 43.0 Å². The topological polar surface area (TPSA) is 26.7 Å². The first-order valence-corrected chi connectivity index (χ1v) is 8.83. The van der Waals surface area contributed by atoms with Gasteiger partial charge in [-0.1, -0.05) is 6.07 Å². The summed E-state index contributed by atoms with van der Waals surface area (Å²) in [4.78, 5) is 6.65. The second-order valence-electron chi connectivity index (χ2n) is 6.26. The van der Waals surface area contributed by atoms with Crippen molar-refractivity contribution in [2.24, 2.45) is 5.92 Å². The molecule has 20 heavy (non-hydrogen) atoms. The second kappa shape index (κ2) is 7.03. The second-order valence-corrected chi connectivity index (χ2v) is 7.29. The van der Waals surface area contributed by atoms with Crippen LogP contribution < -0.4 is 0 Å². The first-order valence-electron chi connectivity index (χ1n) is 7.95. The van der Waals surface area contributed by atoms with Gasteiger partial charge in [-0.15, -0.1) is 11.3 Å². The Morgan fingerprint density at radius 3 is 2.95 bits per heavy atom. The first kappa shape index (κ1) is 14.5. The molecule has 1 aliphatic heterocycles. The fourth-order valence-corrected chi connectivity index (χ4v) is 4.50. The summed E-state index contributed by atoms with van der Waals surface area (Å²) in [7, 11) is 0. The van der Waals surface area contributed by atoms with E-state index in [4.69, 9.17) is 5.11 Å². The highest BCUT2D eigenvalue weighted by molar-refractivity contribution is 7.09. The molecule has 3 rings (SSSR count). The quantitative estimate of drug-likeness (QED) is 0.797. The molecule has 1 aliphatic carbocycles. The zero-order valence-electron chi connectivity index (χ0n) is 12.2. The minimum atomic E-state index is 0.301. The minimum Gasteiger partial charge on any atom is -0.396 e. The highest BCUT2D eigenvalue weighted by Crippen LogP contribution is 2.36. The number of hydrogen-bond donors (Lipinski definition) is 1. The summed E-state index contributed by atoms with van der Waals surface area (Å²) >= 11 is 1.84. The van der Waals surface area contributed by atoms with Crippen molar-refractivity contribution in [2.45, 2.75) is 38.3 Å². The maximum atomic E-state index is 9.07. The Labute approximate surface area is 126 Å². The molecule has 3 nitrogen and oxygen atoms in total. The average Bonchev–Trinajstić information content (AvgIpc) is 3.18. The van der Waals surface area contributed by atoms with Gasteiger partial charge in [-0.3, -0.25) is 9.80 Å². The van der Waals surface area contributed by atoms with Gasteiger partial charge in [0.15, 0.2) is 0 Å². The van der Waals surface area contributed by atoms with Crippen molar-refractivity contribution in [3.05, 3.63) is 22.4 Å². The van der Waals surface area contributed by atoms with Crippen molar-refractivity contribution in [1.29, 1.82) is 0 Å². The number of rotatable bonds is 8. The smallest absolute Gasteiger partial charge is 0.0443 e. The van der Waals surface area contributed by atoms with Crippen LogP contribution in [0.25, 0.3) is 0 Å². The van der Waals surface area contributed by atoms with Crippen LogP contribution in [0.15, 0.2) is 17.5 Å². The van der Waals surface area contributed by atoms with E-state index < -0.39 is 0 Å². The first-order chi connectivity index (χ1) is 9.85. The maximum Gasteiger partial charge on any atom is 0.0443 e. The zero-order valence-corrected chi connectivity index (χ0v) is 13.0.